The monoisotopic (exact) mass is 502 g/mol. The van der Waals surface area contributed by atoms with Crippen LogP contribution in [0.5, 0.6) is 0 Å². The molecule has 2 atom stereocenters. The van der Waals surface area contributed by atoms with Gasteiger partial charge in [-0.2, -0.15) is 0 Å². The highest BCUT2D eigenvalue weighted by Crippen LogP contribution is 2.43. The van der Waals surface area contributed by atoms with Crippen molar-refractivity contribution in [2.45, 2.75) is 49.2 Å². The van der Waals surface area contributed by atoms with E-state index in [1.165, 1.54) is 16.7 Å². The number of thioether (sulfide) groups is 1. The maximum atomic E-state index is 14.0. The molecule has 3 heterocycles. The van der Waals surface area contributed by atoms with Gasteiger partial charge in [0.1, 0.15) is 10.8 Å². The average molecular weight is 503 g/mol. The number of carboxylic acid groups (broad SMARTS) is 1. The molecular formula is C27H26N4O4S. The number of pyridine rings is 1. The van der Waals surface area contributed by atoms with Gasteiger partial charge in [-0.05, 0) is 61.2 Å². The minimum absolute atomic E-state index is 0.179. The molecule has 0 bridgehead atoms. The van der Waals surface area contributed by atoms with E-state index in [0.29, 0.717) is 47.6 Å². The largest absolute Gasteiger partial charge is 0.480 e. The Labute approximate surface area is 212 Å². The van der Waals surface area contributed by atoms with Crippen molar-refractivity contribution in [2.24, 2.45) is 0 Å². The van der Waals surface area contributed by atoms with Crippen LogP contribution in [0, 0.1) is 0 Å². The van der Waals surface area contributed by atoms with Crippen LogP contribution in [0.25, 0.3) is 21.7 Å². The third-order valence-electron chi connectivity index (χ3n) is 6.82. The number of likely N-dealkylation sites (tertiary alicyclic amines) is 1. The number of nitrogens with zero attached hydrogens (tertiary/aromatic N) is 4. The molecule has 1 saturated heterocycles. The van der Waals surface area contributed by atoms with Gasteiger partial charge in [-0.3, -0.25) is 19.1 Å². The number of amides is 1. The van der Waals surface area contributed by atoms with Gasteiger partial charge in [-0.25, -0.2) is 9.78 Å². The zero-order chi connectivity index (χ0) is 25.4. The SMILES string of the molecule is CCn1c(S[C@@](C)(C(=O)N2CCC[C@@H]2C(=O)O)c2cccnc2)nc2cc3ccccc3cc2c1=O. The number of carboxylic acids is 1. The van der Waals surface area contributed by atoms with Crippen molar-refractivity contribution >= 4 is 45.3 Å². The predicted molar refractivity (Wildman–Crippen MR) is 139 cm³/mol. The number of hydrogen-bond acceptors (Lipinski definition) is 6. The highest BCUT2D eigenvalue weighted by Gasteiger charge is 2.46. The smallest absolute Gasteiger partial charge is 0.326 e. The van der Waals surface area contributed by atoms with Crippen molar-refractivity contribution in [1.82, 2.24) is 19.4 Å². The molecule has 1 amide bonds. The molecule has 0 unspecified atom stereocenters. The van der Waals surface area contributed by atoms with Crippen molar-refractivity contribution in [3.63, 3.8) is 0 Å². The van der Waals surface area contributed by atoms with Crippen LogP contribution in [0.2, 0.25) is 0 Å². The van der Waals surface area contributed by atoms with Crippen LogP contribution in [0.1, 0.15) is 32.3 Å². The van der Waals surface area contributed by atoms with E-state index in [9.17, 15) is 19.5 Å². The normalized spacial score (nSPS) is 17.4. The molecule has 4 aromatic rings. The molecule has 0 saturated carbocycles. The highest BCUT2D eigenvalue weighted by molar-refractivity contribution is 8.00. The standard InChI is InChI=1S/C27H26N4O4S/c1-3-30-23(32)20-14-17-8-4-5-9-18(17)15-21(20)29-26(30)36-27(2,19-10-6-12-28-16-19)25(35)31-13-7-11-22(31)24(33)34/h4-6,8-10,12,14-16,22H,3,7,11,13H2,1-2H3,(H,33,34)/t22-,27-/m1/s1. The average Bonchev–Trinajstić information content (AvgIpc) is 3.38. The summed E-state index contributed by atoms with van der Waals surface area (Å²) in [6.45, 7) is 4.36. The molecule has 1 N–H and O–H groups in total. The Balaban J connectivity index is 1.67. The molecule has 1 aliphatic rings. The predicted octanol–water partition coefficient (Wildman–Crippen LogP) is 4.05. The summed E-state index contributed by atoms with van der Waals surface area (Å²) in [7, 11) is 0. The van der Waals surface area contributed by atoms with E-state index in [4.69, 9.17) is 4.98 Å². The van der Waals surface area contributed by atoms with Crippen molar-refractivity contribution in [3.05, 3.63) is 76.8 Å². The number of aliphatic carboxylic acids is 1. The fourth-order valence-corrected chi connectivity index (χ4v) is 6.11. The van der Waals surface area contributed by atoms with Crippen LogP contribution in [0.4, 0.5) is 0 Å². The summed E-state index contributed by atoms with van der Waals surface area (Å²) in [5.74, 6) is -1.35. The third-order valence-corrected chi connectivity index (χ3v) is 8.13. The van der Waals surface area contributed by atoms with Crippen LogP contribution in [0.3, 0.4) is 0 Å². The van der Waals surface area contributed by atoms with Crippen LogP contribution in [-0.4, -0.2) is 49.0 Å². The first-order valence-corrected chi connectivity index (χ1v) is 12.7. The first kappa shape index (κ1) is 24.0. The molecule has 184 valence electrons. The van der Waals surface area contributed by atoms with Gasteiger partial charge >= 0.3 is 5.97 Å². The maximum Gasteiger partial charge on any atom is 0.326 e. The van der Waals surface area contributed by atoms with E-state index in [0.717, 1.165) is 10.8 Å². The molecule has 8 nitrogen and oxygen atoms in total. The molecule has 1 fully saturated rings. The number of aromatic nitrogens is 3. The van der Waals surface area contributed by atoms with E-state index in [1.54, 1.807) is 36.0 Å². The number of fused-ring (bicyclic) bond motifs is 2. The zero-order valence-corrected chi connectivity index (χ0v) is 20.9. The second kappa shape index (κ2) is 9.39. The number of carbonyl (C=O) groups is 2. The van der Waals surface area contributed by atoms with Crippen molar-refractivity contribution in [1.29, 1.82) is 0 Å². The van der Waals surface area contributed by atoms with Crippen molar-refractivity contribution in [3.8, 4) is 0 Å². The lowest BCUT2D eigenvalue weighted by atomic mass is 10.00. The van der Waals surface area contributed by atoms with Gasteiger partial charge in [0.15, 0.2) is 5.16 Å². The molecule has 2 aromatic carbocycles. The molecule has 0 spiro atoms. The van der Waals surface area contributed by atoms with Crippen LogP contribution >= 0.6 is 11.8 Å². The van der Waals surface area contributed by atoms with Gasteiger partial charge in [-0.15, -0.1) is 0 Å². The van der Waals surface area contributed by atoms with Gasteiger partial charge in [0.2, 0.25) is 5.91 Å². The number of rotatable bonds is 6. The van der Waals surface area contributed by atoms with Crippen molar-refractivity contribution < 1.29 is 14.7 Å². The van der Waals surface area contributed by atoms with Crippen molar-refractivity contribution in [2.75, 3.05) is 6.54 Å². The fourth-order valence-electron chi connectivity index (χ4n) is 4.84. The second-order valence-electron chi connectivity index (χ2n) is 9.03. The molecule has 9 heteroatoms. The van der Waals surface area contributed by atoms with Crippen LogP contribution < -0.4 is 5.56 Å². The quantitative estimate of drug-likeness (QED) is 0.241. The highest BCUT2D eigenvalue weighted by atomic mass is 32.2. The Kier molecular flexibility index (Phi) is 6.26. The summed E-state index contributed by atoms with van der Waals surface area (Å²) >= 11 is 1.17. The Morgan fingerprint density at radius 2 is 1.92 bits per heavy atom. The Morgan fingerprint density at radius 3 is 2.58 bits per heavy atom. The van der Waals surface area contributed by atoms with Gasteiger partial charge < -0.3 is 10.0 Å². The van der Waals surface area contributed by atoms with Gasteiger partial charge in [0, 0.05) is 25.5 Å². The van der Waals surface area contributed by atoms with E-state index >= 15 is 0 Å². The van der Waals surface area contributed by atoms with Crippen LogP contribution in [0.15, 0.2) is 70.9 Å². The van der Waals surface area contributed by atoms with E-state index < -0.39 is 16.8 Å². The van der Waals surface area contributed by atoms with Gasteiger partial charge in [0.25, 0.3) is 5.56 Å². The lowest BCUT2D eigenvalue weighted by molar-refractivity contribution is -0.149. The Morgan fingerprint density at radius 1 is 1.17 bits per heavy atom. The van der Waals surface area contributed by atoms with Gasteiger partial charge in [-0.1, -0.05) is 42.1 Å². The molecule has 2 aromatic heterocycles. The van der Waals surface area contributed by atoms with E-state index in [2.05, 4.69) is 4.98 Å². The minimum atomic E-state index is -1.24. The molecule has 5 rings (SSSR count). The minimum Gasteiger partial charge on any atom is -0.480 e. The Bertz CT molecular complexity index is 1540. The molecule has 36 heavy (non-hydrogen) atoms. The topological polar surface area (TPSA) is 105 Å². The molecule has 0 radical (unpaired) electrons. The lowest BCUT2D eigenvalue weighted by Crippen LogP contribution is -2.48. The number of benzene rings is 2. The summed E-state index contributed by atoms with van der Waals surface area (Å²) in [4.78, 5) is 49.9. The first-order chi connectivity index (χ1) is 17.3. The van der Waals surface area contributed by atoms with Crippen LogP contribution in [-0.2, 0) is 20.9 Å². The molecule has 0 aliphatic carbocycles. The second-order valence-corrected chi connectivity index (χ2v) is 10.4. The molecule has 1 aliphatic heterocycles. The fraction of sp³-hybridized carbons (Fsp3) is 0.296. The summed E-state index contributed by atoms with van der Waals surface area (Å²) in [5, 5.41) is 12.5. The summed E-state index contributed by atoms with van der Waals surface area (Å²) in [6, 6.07) is 14.2. The summed E-state index contributed by atoms with van der Waals surface area (Å²) in [5.41, 5.74) is 0.990. The number of carbonyl (C=O) groups excluding carboxylic acids is 1. The maximum absolute atomic E-state index is 14.0. The number of hydrogen-bond donors (Lipinski definition) is 1. The Hall–Kier alpha value is -3.72. The zero-order valence-electron chi connectivity index (χ0n) is 20.0. The third kappa shape index (κ3) is 4.03. The van der Waals surface area contributed by atoms with Gasteiger partial charge in [0.05, 0.1) is 10.9 Å². The first-order valence-electron chi connectivity index (χ1n) is 11.9. The summed E-state index contributed by atoms with van der Waals surface area (Å²) in [6.07, 6.45) is 4.27. The lowest BCUT2D eigenvalue weighted by Gasteiger charge is -2.34. The summed E-state index contributed by atoms with van der Waals surface area (Å²) < 4.78 is 0.329. The molecular weight excluding hydrogens is 476 g/mol. The van der Waals surface area contributed by atoms with E-state index in [-0.39, 0.29) is 11.5 Å². The van der Waals surface area contributed by atoms with E-state index in [1.807, 2.05) is 43.3 Å².